The number of hydrogen-bond acceptors (Lipinski definition) is 3. The third-order valence-corrected chi connectivity index (χ3v) is 6.63. The highest BCUT2D eigenvalue weighted by Crippen LogP contribution is 2.21. The van der Waals surface area contributed by atoms with Gasteiger partial charge in [0.25, 0.3) is 0 Å². The molecule has 2 aromatic carbocycles. The summed E-state index contributed by atoms with van der Waals surface area (Å²) in [6.07, 6.45) is 3.27. The van der Waals surface area contributed by atoms with Gasteiger partial charge in [-0.2, -0.15) is 4.31 Å². The molecule has 0 saturated carbocycles. The summed E-state index contributed by atoms with van der Waals surface area (Å²) in [5, 5.41) is 2.40. The van der Waals surface area contributed by atoms with E-state index in [1.807, 2.05) is 0 Å². The van der Waals surface area contributed by atoms with Crippen molar-refractivity contribution >= 4 is 21.6 Å². The summed E-state index contributed by atoms with van der Waals surface area (Å²) in [6, 6.07) is 9.42. The summed E-state index contributed by atoms with van der Waals surface area (Å²) in [7, 11) is -3.48. The molecular weight excluding hydrogens is 386 g/mol. The second-order valence-electron chi connectivity index (χ2n) is 6.78. The van der Waals surface area contributed by atoms with Gasteiger partial charge in [-0.25, -0.2) is 17.2 Å². The first-order chi connectivity index (χ1) is 13.4. The Labute approximate surface area is 163 Å². The van der Waals surface area contributed by atoms with Gasteiger partial charge in [0.2, 0.25) is 15.9 Å². The lowest BCUT2D eigenvalue weighted by molar-refractivity contribution is -0.116. The number of nitrogens with zero attached hydrogens (tertiary/aromatic N) is 1. The number of benzene rings is 2. The van der Waals surface area contributed by atoms with Crippen LogP contribution in [0.5, 0.6) is 0 Å². The molecule has 0 aromatic heterocycles. The van der Waals surface area contributed by atoms with Gasteiger partial charge in [0.1, 0.15) is 11.6 Å². The SMILES string of the molecule is O=C(CCc1ccc(S(=O)(=O)N2CCCCC2)cc1)Nc1ccc(F)cc1F. The van der Waals surface area contributed by atoms with E-state index in [1.165, 1.54) is 10.4 Å². The number of carbonyl (C=O) groups is 1. The van der Waals surface area contributed by atoms with Crippen molar-refractivity contribution in [2.24, 2.45) is 0 Å². The van der Waals surface area contributed by atoms with E-state index >= 15 is 0 Å². The van der Waals surface area contributed by atoms with Gasteiger partial charge in [-0.05, 0) is 49.1 Å². The van der Waals surface area contributed by atoms with Crippen molar-refractivity contribution in [3.63, 3.8) is 0 Å². The van der Waals surface area contributed by atoms with E-state index < -0.39 is 27.6 Å². The second-order valence-corrected chi connectivity index (χ2v) is 8.72. The van der Waals surface area contributed by atoms with Gasteiger partial charge >= 0.3 is 0 Å². The van der Waals surface area contributed by atoms with Crippen molar-refractivity contribution in [3.8, 4) is 0 Å². The Morgan fingerprint density at radius 1 is 1.00 bits per heavy atom. The fourth-order valence-corrected chi connectivity index (χ4v) is 4.66. The summed E-state index contributed by atoms with van der Waals surface area (Å²) in [4.78, 5) is 12.2. The van der Waals surface area contributed by atoms with Crippen molar-refractivity contribution in [2.75, 3.05) is 18.4 Å². The molecule has 5 nitrogen and oxygen atoms in total. The first-order valence-corrected chi connectivity index (χ1v) is 10.6. The van der Waals surface area contributed by atoms with Crippen LogP contribution in [0.2, 0.25) is 0 Å². The number of sulfonamides is 1. The third kappa shape index (κ3) is 4.94. The zero-order chi connectivity index (χ0) is 20.1. The average molecular weight is 408 g/mol. The number of piperidine rings is 1. The Morgan fingerprint density at radius 2 is 1.68 bits per heavy atom. The highest BCUT2D eigenvalue weighted by atomic mass is 32.2. The smallest absolute Gasteiger partial charge is 0.243 e. The van der Waals surface area contributed by atoms with Gasteiger partial charge in [0, 0.05) is 25.6 Å². The van der Waals surface area contributed by atoms with Gasteiger partial charge in [0.15, 0.2) is 0 Å². The number of halogens is 2. The van der Waals surface area contributed by atoms with Crippen LogP contribution in [0.15, 0.2) is 47.4 Å². The number of anilines is 1. The standard InChI is InChI=1S/C20H22F2N2O3S/c21-16-7-10-19(18(22)14-16)23-20(25)11-6-15-4-8-17(9-5-15)28(26,27)24-12-2-1-3-13-24/h4-5,7-10,14H,1-3,6,11-13H2,(H,23,25). The summed E-state index contributed by atoms with van der Waals surface area (Å²) in [6.45, 7) is 1.09. The zero-order valence-corrected chi connectivity index (χ0v) is 16.1. The van der Waals surface area contributed by atoms with Crippen LogP contribution in [-0.2, 0) is 21.2 Å². The number of hydrogen-bond donors (Lipinski definition) is 1. The van der Waals surface area contributed by atoms with Crippen LogP contribution in [0.25, 0.3) is 0 Å². The molecule has 0 unspecified atom stereocenters. The molecule has 1 N–H and O–H groups in total. The number of amides is 1. The van der Waals surface area contributed by atoms with Crippen LogP contribution in [0, 0.1) is 11.6 Å². The van der Waals surface area contributed by atoms with E-state index in [4.69, 9.17) is 0 Å². The van der Waals surface area contributed by atoms with Crippen LogP contribution in [0.1, 0.15) is 31.2 Å². The molecule has 1 heterocycles. The van der Waals surface area contributed by atoms with E-state index in [1.54, 1.807) is 24.3 Å². The molecule has 1 amide bonds. The quantitative estimate of drug-likeness (QED) is 0.792. The van der Waals surface area contributed by atoms with Crippen molar-refractivity contribution in [1.29, 1.82) is 0 Å². The van der Waals surface area contributed by atoms with Crippen LogP contribution in [0.4, 0.5) is 14.5 Å². The van der Waals surface area contributed by atoms with Crippen LogP contribution in [-0.4, -0.2) is 31.7 Å². The van der Waals surface area contributed by atoms with E-state index in [0.717, 1.165) is 30.9 Å². The highest BCUT2D eigenvalue weighted by molar-refractivity contribution is 7.89. The molecule has 1 aliphatic heterocycles. The van der Waals surface area contributed by atoms with Gasteiger partial charge < -0.3 is 5.32 Å². The topological polar surface area (TPSA) is 66.5 Å². The maximum Gasteiger partial charge on any atom is 0.243 e. The number of aryl methyl sites for hydroxylation is 1. The maximum absolute atomic E-state index is 13.6. The highest BCUT2D eigenvalue weighted by Gasteiger charge is 2.25. The molecule has 8 heteroatoms. The zero-order valence-electron chi connectivity index (χ0n) is 15.3. The molecule has 0 radical (unpaired) electrons. The molecule has 1 aliphatic rings. The third-order valence-electron chi connectivity index (χ3n) is 4.72. The maximum atomic E-state index is 13.6. The molecule has 28 heavy (non-hydrogen) atoms. The molecule has 1 saturated heterocycles. The molecule has 3 rings (SSSR count). The van der Waals surface area contributed by atoms with E-state index in [2.05, 4.69) is 5.32 Å². The predicted molar refractivity (Wildman–Crippen MR) is 102 cm³/mol. The minimum absolute atomic E-state index is 0.0747. The summed E-state index contributed by atoms with van der Waals surface area (Å²) in [5.41, 5.74) is 0.724. The van der Waals surface area contributed by atoms with Gasteiger partial charge in [-0.15, -0.1) is 0 Å². The Bertz CT molecular complexity index is 940. The first-order valence-electron chi connectivity index (χ1n) is 9.20. The van der Waals surface area contributed by atoms with Crippen LogP contribution < -0.4 is 5.32 Å². The van der Waals surface area contributed by atoms with Crippen molar-refractivity contribution in [2.45, 2.75) is 37.0 Å². The summed E-state index contributed by atoms with van der Waals surface area (Å²) in [5.74, 6) is -1.95. The Morgan fingerprint density at radius 3 is 2.32 bits per heavy atom. The predicted octanol–water partition coefficient (Wildman–Crippen LogP) is 3.71. The normalized spacial score (nSPS) is 15.4. The minimum Gasteiger partial charge on any atom is -0.324 e. The van der Waals surface area contributed by atoms with Crippen LogP contribution >= 0.6 is 0 Å². The second kappa shape index (κ2) is 8.79. The lowest BCUT2D eigenvalue weighted by atomic mass is 10.1. The van der Waals surface area contributed by atoms with E-state index in [9.17, 15) is 22.0 Å². The monoisotopic (exact) mass is 408 g/mol. The molecular formula is C20H22F2N2O3S. The van der Waals surface area contributed by atoms with Crippen LogP contribution in [0.3, 0.4) is 0 Å². The van der Waals surface area contributed by atoms with Crippen molar-refractivity contribution in [1.82, 2.24) is 4.31 Å². The Hall–Kier alpha value is -2.32. The number of nitrogens with one attached hydrogen (secondary N) is 1. The Balaban J connectivity index is 1.57. The van der Waals surface area contributed by atoms with E-state index in [0.29, 0.717) is 25.6 Å². The first kappa shape index (κ1) is 20.4. The van der Waals surface area contributed by atoms with Gasteiger partial charge in [0.05, 0.1) is 10.6 Å². The molecule has 0 aliphatic carbocycles. The lowest BCUT2D eigenvalue weighted by Gasteiger charge is -2.25. The number of rotatable bonds is 6. The van der Waals surface area contributed by atoms with Crippen molar-refractivity contribution < 1.29 is 22.0 Å². The van der Waals surface area contributed by atoms with Gasteiger partial charge in [-0.3, -0.25) is 4.79 Å². The fourth-order valence-electron chi connectivity index (χ4n) is 3.14. The molecule has 1 fully saturated rings. The number of carbonyl (C=O) groups excluding carboxylic acids is 1. The summed E-state index contributed by atoms with van der Waals surface area (Å²) < 4.78 is 53.2. The molecule has 0 bridgehead atoms. The molecule has 150 valence electrons. The minimum atomic E-state index is -3.48. The molecule has 0 spiro atoms. The fraction of sp³-hybridized carbons (Fsp3) is 0.350. The lowest BCUT2D eigenvalue weighted by Crippen LogP contribution is -2.35. The average Bonchev–Trinajstić information content (AvgIpc) is 2.69. The molecule has 0 atom stereocenters. The Kier molecular flexibility index (Phi) is 6.41. The summed E-state index contributed by atoms with van der Waals surface area (Å²) >= 11 is 0. The van der Waals surface area contributed by atoms with Crippen molar-refractivity contribution in [3.05, 3.63) is 59.7 Å². The van der Waals surface area contributed by atoms with Gasteiger partial charge in [-0.1, -0.05) is 18.6 Å². The molecule has 2 aromatic rings. The largest absolute Gasteiger partial charge is 0.324 e. The van der Waals surface area contributed by atoms with E-state index in [-0.39, 0.29) is 17.0 Å².